The van der Waals surface area contributed by atoms with Gasteiger partial charge in [-0.15, -0.1) is 0 Å². The van der Waals surface area contributed by atoms with Gasteiger partial charge in [-0.05, 0) is 33.4 Å². The molecule has 1 fully saturated rings. The standard InChI is InChI=1S/C16H25FN2O/c1-12-10-19(11-13(2)18(12)3)9-8-16(20)14-6-4-5-7-15(14)17/h4-7,12-13,16,20H,8-11H2,1-3H3. The van der Waals surface area contributed by atoms with Gasteiger partial charge in [-0.1, -0.05) is 18.2 Å². The Morgan fingerprint density at radius 3 is 2.45 bits per heavy atom. The molecule has 20 heavy (non-hydrogen) atoms. The molecule has 1 aromatic carbocycles. The van der Waals surface area contributed by atoms with E-state index in [2.05, 4.69) is 30.7 Å². The molecule has 0 radical (unpaired) electrons. The van der Waals surface area contributed by atoms with Crippen molar-refractivity contribution < 1.29 is 9.50 Å². The van der Waals surface area contributed by atoms with Crippen molar-refractivity contribution in [3.05, 3.63) is 35.6 Å². The molecule has 0 amide bonds. The van der Waals surface area contributed by atoms with Crippen LogP contribution in [0.1, 0.15) is 31.9 Å². The van der Waals surface area contributed by atoms with Crippen LogP contribution < -0.4 is 0 Å². The maximum atomic E-state index is 13.6. The molecule has 3 atom stereocenters. The summed E-state index contributed by atoms with van der Waals surface area (Å²) in [5, 5.41) is 10.1. The number of rotatable bonds is 4. The number of likely N-dealkylation sites (N-methyl/N-ethyl adjacent to an activating group) is 1. The fourth-order valence-corrected chi connectivity index (χ4v) is 2.90. The quantitative estimate of drug-likeness (QED) is 0.916. The van der Waals surface area contributed by atoms with Gasteiger partial charge in [-0.2, -0.15) is 0 Å². The van der Waals surface area contributed by atoms with E-state index in [-0.39, 0.29) is 5.82 Å². The maximum Gasteiger partial charge on any atom is 0.128 e. The first-order valence-electron chi connectivity index (χ1n) is 7.35. The predicted molar refractivity (Wildman–Crippen MR) is 79.1 cm³/mol. The second-order valence-electron chi connectivity index (χ2n) is 5.95. The van der Waals surface area contributed by atoms with Gasteiger partial charge in [0.2, 0.25) is 0 Å². The molecule has 1 saturated heterocycles. The highest BCUT2D eigenvalue weighted by atomic mass is 19.1. The van der Waals surface area contributed by atoms with Crippen LogP contribution in [0, 0.1) is 5.82 Å². The minimum absolute atomic E-state index is 0.319. The van der Waals surface area contributed by atoms with Crippen LogP contribution in [-0.2, 0) is 0 Å². The zero-order valence-electron chi connectivity index (χ0n) is 12.6. The lowest BCUT2D eigenvalue weighted by Crippen LogP contribution is -2.55. The van der Waals surface area contributed by atoms with Gasteiger partial charge in [0.1, 0.15) is 5.82 Å². The monoisotopic (exact) mass is 280 g/mol. The highest BCUT2D eigenvalue weighted by Gasteiger charge is 2.26. The third-order valence-electron chi connectivity index (χ3n) is 4.42. The molecule has 0 spiro atoms. The van der Waals surface area contributed by atoms with E-state index in [1.54, 1.807) is 18.2 Å². The van der Waals surface area contributed by atoms with Crippen LogP contribution in [-0.4, -0.2) is 53.7 Å². The van der Waals surface area contributed by atoms with Crippen molar-refractivity contribution in [2.24, 2.45) is 0 Å². The average molecular weight is 280 g/mol. The molecule has 2 rings (SSSR count). The minimum Gasteiger partial charge on any atom is -0.388 e. The molecule has 1 N–H and O–H groups in total. The number of hydrogen-bond donors (Lipinski definition) is 1. The predicted octanol–water partition coefficient (Wildman–Crippen LogP) is 2.27. The highest BCUT2D eigenvalue weighted by molar-refractivity contribution is 5.19. The summed E-state index contributed by atoms with van der Waals surface area (Å²) in [4.78, 5) is 4.74. The van der Waals surface area contributed by atoms with Crippen LogP contribution in [0.15, 0.2) is 24.3 Å². The van der Waals surface area contributed by atoms with Crippen LogP contribution in [0.5, 0.6) is 0 Å². The van der Waals surface area contributed by atoms with Gasteiger partial charge in [0.05, 0.1) is 6.10 Å². The Labute approximate surface area is 121 Å². The largest absolute Gasteiger partial charge is 0.388 e. The SMILES string of the molecule is CC1CN(CCC(O)c2ccccc2F)CC(C)N1C. The van der Waals surface area contributed by atoms with E-state index in [4.69, 9.17) is 0 Å². The second kappa shape index (κ2) is 6.66. The van der Waals surface area contributed by atoms with Gasteiger partial charge in [-0.3, -0.25) is 4.90 Å². The molecule has 3 unspecified atom stereocenters. The lowest BCUT2D eigenvalue weighted by Gasteiger charge is -2.42. The van der Waals surface area contributed by atoms with Crippen LogP contribution in [0.2, 0.25) is 0 Å². The zero-order chi connectivity index (χ0) is 14.7. The van der Waals surface area contributed by atoms with Gasteiger partial charge >= 0.3 is 0 Å². The Bertz CT molecular complexity index is 428. The maximum absolute atomic E-state index is 13.6. The summed E-state index contributed by atoms with van der Waals surface area (Å²) in [6, 6.07) is 7.51. The topological polar surface area (TPSA) is 26.7 Å². The molecule has 0 saturated carbocycles. The van der Waals surface area contributed by atoms with Gasteiger partial charge < -0.3 is 10.0 Å². The van der Waals surface area contributed by atoms with Crippen LogP contribution in [0.3, 0.4) is 0 Å². The number of aliphatic hydroxyl groups excluding tert-OH is 1. The molecule has 1 aliphatic rings. The van der Waals surface area contributed by atoms with E-state index in [1.165, 1.54) is 6.07 Å². The summed E-state index contributed by atoms with van der Waals surface area (Å²) in [5.41, 5.74) is 0.405. The average Bonchev–Trinajstić information content (AvgIpc) is 2.42. The van der Waals surface area contributed by atoms with Crippen molar-refractivity contribution in [1.29, 1.82) is 0 Å². The smallest absolute Gasteiger partial charge is 0.128 e. The van der Waals surface area contributed by atoms with Crippen molar-refractivity contribution in [3.63, 3.8) is 0 Å². The van der Waals surface area contributed by atoms with Crippen LogP contribution in [0.4, 0.5) is 4.39 Å². The first kappa shape index (κ1) is 15.4. The molecule has 1 aromatic rings. The Kier molecular flexibility index (Phi) is 5.13. The molecule has 112 valence electrons. The number of halogens is 1. The van der Waals surface area contributed by atoms with Gasteiger partial charge in [-0.25, -0.2) is 4.39 Å². The molecule has 0 bridgehead atoms. The molecular weight excluding hydrogens is 255 g/mol. The Balaban J connectivity index is 1.88. The summed E-state index contributed by atoms with van der Waals surface area (Å²) in [6.07, 6.45) is -0.147. The molecule has 1 heterocycles. The van der Waals surface area contributed by atoms with Gasteiger partial charge in [0, 0.05) is 37.3 Å². The minimum atomic E-state index is -0.721. The van der Waals surface area contributed by atoms with Gasteiger partial charge in [0.25, 0.3) is 0 Å². The van der Waals surface area contributed by atoms with Crippen molar-refractivity contribution >= 4 is 0 Å². The molecule has 1 aliphatic heterocycles. The van der Waals surface area contributed by atoms with Gasteiger partial charge in [0.15, 0.2) is 0 Å². The highest BCUT2D eigenvalue weighted by Crippen LogP contribution is 2.21. The number of hydrogen-bond acceptors (Lipinski definition) is 3. The van der Waals surface area contributed by atoms with Crippen molar-refractivity contribution in [3.8, 4) is 0 Å². The molecule has 4 heteroatoms. The lowest BCUT2D eigenvalue weighted by molar-refractivity contribution is 0.0481. The van der Waals surface area contributed by atoms with E-state index in [0.717, 1.165) is 19.6 Å². The van der Waals surface area contributed by atoms with Crippen molar-refractivity contribution in [1.82, 2.24) is 9.80 Å². The van der Waals surface area contributed by atoms with Crippen LogP contribution in [0.25, 0.3) is 0 Å². The number of benzene rings is 1. The van der Waals surface area contributed by atoms with Crippen molar-refractivity contribution in [2.45, 2.75) is 38.5 Å². The number of nitrogens with zero attached hydrogens (tertiary/aromatic N) is 2. The second-order valence-corrected chi connectivity index (χ2v) is 5.95. The number of piperazine rings is 1. The van der Waals surface area contributed by atoms with E-state index < -0.39 is 6.10 Å². The summed E-state index contributed by atoms with van der Waals surface area (Å²) in [7, 11) is 2.15. The third-order valence-corrected chi connectivity index (χ3v) is 4.42. The normalized spacial score (nSPS) is 26.6. The first-order valence-corrected chi connectivity index (χ1v) is 7.35. The molecule has 3 nitrogen and oxygen atoms in total. The fourth-order valence-electron chi connectivity index (χ4n) is 2.90. The van der Waals surface area contributed by atoms with E-state index in [0.29, 0.717) is 24.1 Å². The number of aliphatic hydroxyl groups is 1. The van der Waals surface area contributed by atoms with Crippen LogP contribution >= 0.6 is 0 Å². The summed E-state index contributed by atoms with van der Waals surface area (Å²) in [5.74, 6) is -0.319. The zero-order valence-corrected chi connectivity index (χ0v) is 12.6. The summed E-state index contributed by atoms with van der Waals surface area (Å²) >= 11 is 0. The lowest BCUT2D eigenvalue weighted by atomic mass is 10.0. The van der Waals surface area contributed by atoms with Crippen molar-refractivity contribution in [2.75, 3.05) is 26.7 Å². The summed E-state index contributed by atoms with van der Waals surface area (Å²) < 4.78 is 13.6. The third kappa shape index (κ3) is 3.57. The van der Waals surface area contributed by atoms with E-state index >= 15 is 0 Å². The Morgan fingerprint density at radius 1 is 1.25 bits per heavy atom. The Morgan fingerprint density at radius 2 is 1.85 bits per heavy atom. The molecule has 0 aliphatic carbocycles. The Hall–Kier alpha value is -0.970. The molecule has 0 aromatic heterocycles. The first-order chi connectivity index (χ1) is 9.49. The molecular formula is C16H25FN2O. The summed E-state index contributed by atoms with van der Waals surface area (Å²) in [6.45, 7) is 7.25. The fraction of sp³-hybridized carbons (Fsp3) is 0.625. The van der Waals surface area contributed by atoms with E-state index in [1.807, 2.05) is 0 Å². The van der Waals surface area contributed by atoms with E-state index in [9.17, 15) is 9.50 Å².